The summed E-state index contributed by atoms with van der Waals surface area (Å²) < 4.78 is 9.09. The van der Waals surface area contributed by atoms with Gasteiger partial charge in [-0.15, -0.1) is 0 Å². The van der Waals surface area contributed by atoms with Gasteiger partial charge in [-0.25, -0.2) is 0 Å². The van der Waals surface area contributed by atoms with Crippen LogP contribution in [-0.2, 0) is 20.2 Å². The van der Waals surface area contributed by atoms with E-state index in [0.29, 0.717) is 5.75 Å². The van der Waals surface area contributed by atoms with Gasteiger partial charge in [0.05, 0.1) is 11.0 Å². The summed E-state index contributed by atoms with van der Waals surface area (Å²) in [6.45, 7) is 4.25. The van der Waals surface area contributed by atoms with Gasteiger partial charge in [0.2, 0.25) is 0 Å². The van der Waals surface area contributed by atoms with Crippen LogP contribution in [0.1, 0.15) is 24.5 Å². The third-order valence-electron chi connectivity index (χ3n) is 4.70. The Kier molecular flexibility index (Phi) is 2.88. The number of nitrogens with zero attached hydrogens (tertiary/aromatic N) is 2. The molecule has 0 unspecified atom stereocenters. The van der Waals surface area contributed by atoms with Crippen LogP contribution in [0.25, 0.3) is 21.8 Å². The minimum absolute atomic E-state index is 0.0447. The number of hydrogen-bond acceptors (Lipinski definition) is 3. The first-order chi connectivity index (χ1) is 11.0. The molecule has 5 heteroatoms. The van der Waals surface area contributed by atoms with Gasteiger partial charge in [-0.3, -0.25) is 14.2 Å². The van der Waals surface area contributed by atoms with Gasteiger partial charge in [-0.2, -0.15) is 0 Å². The second kappa shape index (κ2) is 4.72. The Balaban J connectivity index is 2.31. The third kappa shape index (κ3) is 1.79. The van der Waals surface area contributed by atoms with Crippen LogP contribution in [0.5, 0.6) is 5.75 Å². The van der Waals surface area contributed by atoms with Crippen LogP contribution in [-0.4, -0.2) is 9.13 Å². The molecule has 0 radical (unpaired) electrons. The smallest absolute Gasteiger partial charge is 0.254 e. The predicted molar refractivity (Wildman–Crippen MR) is 90.3 cm³/mol. The second-order valence-electron chi connectivity index (χ2n) is 6.18. The van der Waals surface area contributed by atoms with E-state index in [-0.39, 0.29) is 17.8 Å². The summed E-state index contributed by atoms with van der Waals surface area (Å²) >= 11 is 0. The summed E-state index contributed by atoms with van der Waals surface area (Å²) in [5.74, 6) is 0.649. The number of rotatable bonds is 2. The maximum absolute atomic E-state index is 12.4. The molecule has 2 aromatic heterocycles. The van der Waals surface area contributed by atoms with Crippen molar-refractivity contribution in [3.05, 3.63) is 50.0 Å². The first kappa shape index (κ1) is 14.1. The van der Waals surface area contributed by atoms with Gasteiger partial charge in [0.1, 0.15) is 0 Å². The maximum Gasteiger partial charge on any atom is 0.254 e. The Morgan fingerprint density at radius 3 is 2.61 bits per heavy atom. The van der Waals surface area contributed by atoms with Crippen molar-refractivity contribution in [2.45, 2.75) is 33.4 Å². The van der Waals surface area contributed by atoms with Gasteiger partial charge in [-0.05, 0) is 30.5 Å². The first-order valence-electron chi connectivity index (χ1n) is 7.85. The van der Waals surface area contributed by atoms with Crippen molar-refractivity contribution in [1.29, 1.82) is 0 Å². The average molecular weight is 310 g/mol. The summed E-state index contributed by atoms with van der Waals surface area (Å²) in [5.41, 5.74) is 3.44. The monoisotopic (exact) mass is 310 g/mol. The van der Waals surface area contributed by atoms with E-state index in [2.05, 4.69) is 13.0 Å². The zero-order valence-electron chi connectivity index (χ0n) is 13.5. The molecule has 0 spiro atoms. The number of pyridine rings is 2. The van der Waals surface area contributed by atoms with E-state index in [9.17, 15) is 9.59 Å². The summed E-state index contributed by atoms with van der Waals surface area (Å²) in [7, 11) is 1.74. The molecule has 0 N–H and O–H groups in total. The predicted octanol–water partition coefficient (Wildman–Crippen LogP) is 2.46. The topological polar surface area (TPSA) is 53.2 Å². The lowest BCUT2D eigenvalue weighted by Crippen LogP contribution is -2.19. The van der Waals surface area contributed by atoms with Crippen LogP contribution < -0.4 is 15.9 Å². The highest BCUT2D eigenvalue weighted by Gasteiger charge is 2.24. The fourth-order valence-corrected chi connectivity index (χ4v) is 3.54. The third-order valence-corrected chi connectivity index (χ3v) is 4.70. The average Bonchev–Trinajstić information content (AvgIpc) is 2.95. The molecule has 0 saturated heterocycles. The highest BCUT2D eigenvalue weighted by atomic mass is 16.5. The zero-order valence-corrected chi connectivity index (χ0v) is 13.5. The van der Waals surface area contributed by atoms with E-state index in [1.807, 2.05) is 6.92 Å². The normalized spacial score (nSPS) is 13.0. The molecule has 1 aromatic carbocycles. The van der Waals surface area contributed by atoms with E-state index < -0.39 is 0 Å². The maximum atomic E-state index is 12.4. The van der Waals surface area contributed by atoms with Crippen LogP contribution >= 0.6 is 0 Å². The number of ether oxygens (including phenoxy) is 1. The summed E-state index contributed by atoms with van der Waals surface area (Å²) in [4.78, 5) is 24.5. The molecule has 3 aromatic rings. The quantitative estimate of drug-likeness (QED) is 0.683. The molecule has 0 bridgehead atoms. The zero-order chi connectivity index (χ0) is 16.3. The first-order valence-corrected chi connectivity index (χ1v) is 7.85. The lowest BCUT2D eigenvalue weighted by molar-refractivity contribution is 0.268. The standard InChI is InChI=1S/C18H18N2O3/c1-4-5-11-7-15(22)20-9-23-18-16-12(8-13(11)17(18)20)10(2)6-14(21)19(16)3/h6-8H,4-5,9H2,1-3H3. The second-order valence-corrected chi connectivity index (χ2v) is 6.18. The number of fused-ring (bicyclic) bond motifs is 2. The van der Waals surface area contributed by atoms with Gasteiger partial charge in [-0.1, -0.05) is 13.3 Å². The largest absolute Gasteiger partial charge is 0.468 e. The molecule has 0 atom stereocenters. The van der Waals surface area contributed by atoms with E-state index >= 15 is 0 Å². The van der Waals surface area contributed by atoms with Crippen LogP contribution in [0.3, 0.4) is 0 Å². The van der Waals surface area contributed by atoms with Gasteiger partial charge in [0, 0.05) is 30.0 Å². The number of aromatic nitrogens is 2. The number of hydrogen-bond donors (Lipinski definition) is 0. The van der Waals surface area contributed by atoms with Gasteiger partial charge in [0.25, 0.3) is 11.1 Å². The minimum Gasteiger partial charge on any atom is -0.468 e. The summed E-state index contributed by atoms with van der Waals surface area (Å²) in [6, 6.07) is 5.46. The molecule has 3 heterocycles. The Bertz CT molecular complexity index is 1090. The van der Waals surface area contributed by atoms with Crippen molar-refractivity contribution in [3.63, 3.8) is 0 Å². The molecule has 118 valence electrons. The van der Waals surface area contributed by atoms with Crippen molar-refractivity contribution in [1.82, 2.24) is 9.13 Å². The number of aryl methyl sites for hydroxylation is 3. The molecule has 1 aliphatic rings. The Labute approximate surface area is 132 Å². The minimum atomic E-state index is -0.0697. The van der Waals surface area contributed by atoms with E-state index in [1.165, 1.54) is 0 Å². The Hall–Kier alpha value is -2.56. The fraction of sp³-hybridized carbons (Fsp3) is 0.333. The lowest BCUT2D eigenvalue weighted by atomic mass is 10.00. The SMILES string of the molecule is CCCc1cc(=O)n2c3c(c4c(cc13)c(C)cc(=O)n4C)OC2. The molecule has 0 fully saturated rings. The Morgan fingerprint density at radius 2 is 1.87 bits per heavy atom. The van der Waals surface area contributed by atoms with Crippen molar-refractivity contribution >= 4 is 21.8 Å². The van der Waals surface area contributed by atoms with Crippen molar-refractivity contribution in [2.24, 2.45) is 7.05 Å². The molecule has 0 amide bonds. The molecular weight excluding hydrogens is 292 g/mol. The highest BCUT2D eigenvalue weighted by Crippen LogP contribution is 2.39. The lowest BCUT2D eigenvalue weighted by Gasteiger charge is -2.13. The fourth-order valence-electron chi connectivity index (χ4n) is 3.54. The van der Waals surface area contributed by atoms with Crippen molar-refractivity contribution in [2.75, 3.05) is 0 Å². The van der Waals surface area contributed by atoms with Crippen molar-refractivity contribution in [3.8, 4) is 5.75 Å². The van der Waals surface area contributed by atoms with E-state index in [0.717, 1.165) is 45.8 Å². The Morgan fingerprint density at radius 1 is 1.09 bits per heavy atom. The molecule has 4 rings (SSSR count). The van der Waals surface area contributed by atoms with Crippen LogP contribution in [0, 0.1) is 6.92 Å². The van der Waals surface area contributed by atoms with Gasteiger partial charge < -0.3 is 9.30 Å². The molecule has 5 nitrogen and oxygen atoms in total. The number of benzene rings is 1. The molecule has 0 saturated carbocycles. The summed E-state index contributed by atoms with van der Waals surface area (Å²) in [6.07, 6.45) is 1.82. The molecule has 0 aliphatic carbocycles. The van der Waals surface area contributed by atoms with Gasteiger partial charge >= 0.3 is 0 Å². The van der Waals surface area contributed by atoms with Crippen molar-refractivity contribution < 1.29 is 4.74 Å². The molecular formula is C18H18N2O3. The van der Waals surface area contributed by atoms with Crippen LogP contribution in [0.4, 0.5) is 0 Å². The highest BCUT2D eigenvalue weighted by molar-refractivity contribution is 6.05. The van der Waals surface area contributed by atoms with E-state index in [1.54, 1.807) is 28.3 Å². The summed E-state index contributed by atoms with van der Waals surface area (Å²) in [5, 5.41) is 2.05. The molecule has 23 heavy (non-hydrogen) atoms. The van der Waals surface area contributed by atoms with Crippen LogP contribution in [0.2, 0.25) is 0 Å². The van der Waals surface area contributed by atoms with E-state index in [4.69, 9.17) is 4.74 Å². The van der Waals surface area contributed by atoms with Gasteiger partial charge in [0.15, 0.2) is 12.5 Å². The van der Waals surface area contributed by atoms with Crippen LogP contribution in [0.15, 0.2) is 27.8 Å². The molecule has 1 aliphatic heterocycles.